The molecule has 2 aliphatic rings. The van der Waals surface area contributed by atoms with Gasteiger partial charge in [-0.1, -0.05) is 44.1 Å². The molecule has 0 radical (unpaired) electrons. The van der Waals surface area contributed by atoms with E-state index in [1.165, 1.54) is 6.42 Å². The lowest BCUT2D eigenvalue weighted by molar-refractivity contribution is -0.117. The Morgan fingerprint density at radius 1 is 1.18 bits per heavy atom. The standard InChI is InChI=1S/C19H21NO2/c1-15-8-9-17(16-6-5-7-18(22)12-16)13-20(15)19(14-21)10-3-2-4-11-19/h5-9,12-14,22H,1-4,10-11H2. The van der Waals surface area contributed by atoms with Crippen LogP contribution in [-0.4, -0.2) is 21.8 Å². The molecule has 1 aromatic rings. The average molecular weight is 295 g/mol. The summed E-state index contributed by atoms with van der Waals surface area (Å²) in [5.41, 5.74) is 2.29. The highest BCUT2D eigenvalue weighted by Crippen LogP contribution is 2.38. The third-order valence-electron chi connectivity index (χ3n) is 4.63. The van der Waals surface area contributed by atoms with Gasteiger partial charge in [0, 0.05) is 11.9 Å². The number of phenolic OH excluding ortho intramolecular Hbond substituents is 1. The largest absolute Gasteiger partial charge is 0.508 e. The van der Waals surface area contributed by atoms with E-state index in [-0.39, 0.29) is 5.75 Å². The molecular weight excluding hydrogens is 274 g/mol. The van der Waals surface area contributed by atoms with Crippen LogP contribution in [0.25, 0.3) is 5.57 Å². The van der Waals surface area contributed by atoms with Crippen molar-refractivity contribution in [1.82, 2.24) is 4.90 Å². The van der Waals surface area contributed by atoms with Crippen molar-refractivity contribution in [1.29, 1.82) is 0 Å². The van der Waals surface area contributed by atoms with E-state index in [2.05, 4.69) is 6.58 Å². The third-order valence-corrected chi connectivity index (χ3v) is 4.63. The fourth-order valence-corrected chi connectivity index (χ4v) is 3.38. The second-order valence-electron chi connectivity index (χ2n) is 6.11. The van der Waals surface area contributed by atoms with E-state index in [4.69, 9.17) is 0 Å². The fraction of sp³-hybridized carbons (Fsp3) is 0.316. The maximum Gasteiger partial charge on any atom is 0.145 e. The molecule has 3 rings (SSSR count). The number of aromatic hydroxyl groups is 1. The zero-order valence-corrected chi connectivity index (χ0v) is 12.7. The predicted octanol–water partition coefficient (Wildman–Crippen LogP) is 4.02. The van der Waals surface area contributed by atoms with Gasteiger partial charge >= 0.3 is 0 Å². The van der Waals surface area contributed by atoms with Gasteiger partial charge in [0.25, 0.3) is 0 Å². The van der Waals surface area contributed by atoms with Gasteiger partial charge in [-0.15, -0.1) is 0 Å². The van der Waals surface area contributed by atoms with E-state index in [0.29, 0.717) is 0 Å². The number of phenols is 1. The molecule has 1 aromatic carbocycles. The van der Waals surface area contributed by atoms with Crippen molar-refractivity contribution in [2.24, 2.45) is 0 Å². The first-order valence-corrected chi connectivity index (χ1v) is 7.78. The minimum atomic E-state index is -0.470. The maximum atomic E-state index is 11.8. The van der Waals surface area contributed by atoms with Crippen LogP contribution in [0.3, 0.4) is 0 Å². The van der Waals surface area contributed by atoms with Crippen LogP contribution in [0.15, 0.2) is 54.9 Å². The summed E-state index contributed by atoms with van der Waals surface area (Å²) in [5.74, 6) is 0.241. The zero-order valence-electron chi connectivity index (χ0n) is 12.7. The first kappa shape index (κ1) is 14.6. The normalized spacial score (nSPS) is 20.6. The second-order valence-corrected chi connectivity index (χ2v) is 6.11. The molecule has 0 saturated heterocycles. The van der Waals surface area contributed by atoms with Crippen molar-refractivity contribution in [2.45, 2.75) is 37.6 Å². The van der Waals surface area contributed by atoms with E-state index in [1.807, 2.05) is 35.4 Å². The van der Waals surface area contributed by atoms with E-state index in [1.54, 1.807) is 12.1 Å². The van der Waals surface area contributed by atoms with Gasteiger partial charge in [0.15, 0.2) is 0 Å². The van der Waals surface area contributed by atoms with Gasteiger partial charge in [0.05, 0.1) is 5.54 Å². The molecule has 3 nitrogen and oxygen atoms in total. The number of rotatable bonds is 3. The summed E-state index contributed by atoms with van der Waals surface area (Å²) in [6.45, 7) is 4.10. The number of carbonyl (C=O) groups excluding carboxylic acids is 1. The Hall–Kier alpha value is -2.29. The predicted molar refractivity (Wildman–Crippen MR) is 88.1 cm³/mol. The number of hydrogen-bond donors (Lipinski definition) is 1. The molecule has 22 heavy (non-hydrogen) atoms. The van der Waals surface area contributed by atoms with Crippen LogP contribution in [0.2, 0.25) is 0 Å². The molecule has 1 heterocycles. The lowest BCUT2D eigenvalue weighted by atomic mass is 9.80. The fourth-order valence-electron chi connectivity index (χ4n) is 3.38. The molecule has 1 saturated carbocycles. The van der Waals surface area contributed by atoms with Crippen molar-refractivity contribution >= 4 is 11.9 Å². The lowest BCUT2D eigenvalue weighted by Crippen LogP contribution is -2.48. The second kappa shape index (κ2) is 5.84. The number of benzene rings is 1. The SMILES string of the molecule is C=C1C=CC(c2cccc(O)c2)=CN1C1(C=O)CCCCC1. The van der Waals surface area contributed by atoms with Crippen LogP contribution >= 0.6 is 0 Å². The summed E-state index contributed by atoms with van der Waals surface area (Å²) < 4.78 is 0. The van der Waals surface area contributed by atoms with Crippen LogP contribution in [0, 0.1) is 0 Å². The number of aldehydes is 1. The summed E-state index contributed by atoms with van der Waals surface area (Å²) in [6.07, 6.45) is 12.1. The van der Waals surface area contributed by atoms with E-state index >= 15 is 0 Å². The minimum absolute atomic E-state index is 0.241. The number of allylic oxidation sites excluding steroid dienone is 3. The van der Waals surface area contributed by atoms with Gasteiger partial charge in [-0.25, -0.2) is 0 Å². The van der Waals surface area contributed by atoms with Crippen molar-refractivity contribution in [3.8, 4) is 5.75 Å². The summed E-state index contributed by atoms with van der Waals surface area (Å²) in [5, 5.41) is 9.67. The third kappa shape index (κ3) is 2.59. The first-order chi connectivity index (χ1) is 10.6. The van der Waals surface area contributed by atoms with Crippen molar-refractivity contribution in [2.75, 3.05) is 0 Å². The Kier molecular flexibility index (Phi) is 3.88. The minimum Gasteiger partial charge on any atom is -0.508 e. The van der Waals surface area contributed by atoms with Crippen LogP contribution in [-0.2, 0) is 4.79 Å². The highest BCUT2D eigenvalue weighted by molar-refractivity contribution is 5.78. The zero-order chi connectivity index (χ0) is 15.6. The van der Waals surface area contributed by atoms with Crippen LogP contribution < -0.4 is 0 Å². The van der Waals surface area contributed by atoms with Gasteiger partial charge in [0.1, 0.15) is 12.0 Å². The van der Waals surface area contributed by atoms with Crippen molar-refractivity contribution in [3.63, 3.8) is 0 Å². The van der Waals surface area contributed by atoms with Gasteiger partial charge in [0.2, 0.25) is 0 Å². The van der Waals surface area contributed by atoms with E-state index in [0.717, 1.165) is 48.8 Å². The molecule has 0 atom stereocenters. The number of hydrogen-bond acceptors (Lipinski definition) is 3. The van der Waals surface area contributed by atoms with Crippen LogP contribution in [0.5, 0.6) is 5.75 Å². The molecular formula is C19H21NO2. The molecule has 0 spiro atoms. The molecule has 0 unspecified atom stereocenters. The molecule has 1 aliphatic carbocycles. The van der Waals surface area contributed by atoms with E-state index in [9.17, 15) is 9.90 Å². The monoisotopic (exact) mass is 295 g/mol. The van der Waals surface area contributed by atoms with Crippen LogP contribution in [0.1, 0.15) is 37.7 Å². The molecule has 114 valence electrons. The first-order valence-electron chi connectivity index (χ1n) is 7.78. The lowest BCUT2D eigenvalue weighted by Gasteiger charge is -2.43. The van der Waals surface area contributed by atoms with Gasteiger partial charge in [-0.05, 0) is 42.2 Å². The Morgan fingerprint density at radius 3 is 2.64 bits per heavy atom. The maximum absolute atomic E-state index is 11.8. The smallest absolute Gasteiger partial charge is 0.145 e. The molecule has 1 fully saturated rings. The van der Waals surface area contributed by atoms with Crippen molar-refractivity contribution in [3.05, 3.63) is 60.5 Å². The topological polar surface area (TPSA) is 40.5 Å². The molecule has 1 N–H and O–H groups in total. The summed E-state index contributed by atoms with van der Waals surface area (Å²) >= 11 is 0. The molecule has 0 amide bonds. The Bertz CT molecular complexity index is 651. The number of carbonyl (C=O) groups is 1. The van der Waals surface area contributed by atoms with Gasteiger partial charge in [-0.2, -0.15) is 0 Å². The summed E-state index contributed by atoms with van der Waals surface area (Å²) in [6, 6.07) is 7.16. The number of nitrogens with zero attached hydrogens (tertiary/aromatic N) is 1. The highest BCUT2D eigenvalue weighted by atomic mass is 16.3. The van der Waals surface area contributed by atoms with E-state index < -0.39 is 5.54 Å². The van der Waals surface area contributed by atoms with Crippen LogP contribution in [0.4, 0.5) is 0 Å². The molecule has 1 aliphatic heterocycles. The van der Waals surface area contributed by atoms with Crippen molar-refractivity contribution < 1.29 is 9.90 Å². The molecule has 3 heteroatoms. The molecule has 0 bridgehead atoms. The Morgan fingerprint density at radius 2 is 1.95 bits per heavy atom. The Labute approximate surface area is 131 Å². The Balaban J connectivity index is 1.98. The molecule has 0 aromatic heterocycles. The van der Waals surface area contributed by atoms with Gasteiger partial charge in [-0.3, -0.25) is 0 Å². The highest BCUT2D eigenvalue weighted by Gasteiger charge is 2.38. The van der Waals surface area contributed by atoms with Gasteiger partial charge < -0.3 is 14.8 Å². The summed E-state index contributed by atoms with van der Waals surface area (Å²) in [7, 11) is 0. The summed E-state index contributed by atoms with van der Waals surface area (Å²) in [4.78, 5) is 13.9. The average Bonchev–Trinajstić information content (AvgIpc) is 2.56. The quantitative estimate of drug-likeness (QED) is 0.856.